The minimum Gasteiger partial charge on any atom is -0.459 e. The lowest BCUT2D eigenvalue weighted by atomic mass is 10.0. The lowest BCUT2D eigenvalue weighted by Gasteiger charge is -2.27. The van der Waals surface area contributed by atoms with Crippen LogP contribution in [0, 0.1) is 5.92 Å². The van der Waals surface area contributed by atoms with Crippen LogP contribution >= 0.6 is 0 Å². The third-order valence-electron chi connectivity index (χ3n) is 1.97. The first kappa shape index (κ1) is 13.9. The van der Waals surface area contributed by atoms with E-state index in [2.05, 4.69) is 0 Å². The number of carbonyl (C=O) groups excluding carboxylic acids is 2. The SMILES string of the molecule is CC(=O)OC(C)C(OC(C)=O)C(C)CO. The van der Waals surface area contributed by atoms with E-state index in [0.717, 1.165) is 0 Å². The Kier molecular flexibility index (Phi) is 5.93. The van der Waals surface area contributed by atoms with Crippen molar-refractivity contribution in [2.75, 3.05) is 6.61 Å². The molecule has 0 fully saturated rings. The first-order chi connectivity index (χ1) is 6.88. The highest BCUT2D eigenvalue weighted by atomic mass is 16.6. The average Bonchev–Trinajstić information content (AvgIpc) is 2.11. The highest BCUT2D eigenvalue weighted by Crippen LogP contribution is 2.14. The fourth-order valence-corrected chi connectivity index (χ4v) is 1.30. The van der Waals surface area contributed by atoms with Gasteiger partial charge < -0.3 is 14.6 Å². The number of rotatable bonds is 5. The van der Waals surface area contributed by atoms with Gasteiger partial charge in [0.05, 0.1) is 0 Å². The van der Waals surface area contributed by atoms with Crippen molar-refractivity contribution in [1.29, 1.82) is 0 Å². The normalized spacial score (nSPS) is 16.3. The topological polar surface area (TPSA) is 72.8 Å². The molecular formula is C10H18O5. The molecule has 0 radical (unpaired) electrons. The van der Waals surface area contributed by atoms with Crippen molar-refractivity contribution < 1.29 is 24.2 Å². The van der Waals surface area contributed by atoms with E-state index in [-0.39, 0.29) is 12.5 Å². The molecule has 0 aliphatic rings. The third-order valence-corrected chi connectivity index (χ3v) is 1.97. The van der Waals surface area contributed by atoms with Gasteiger partial charge in [0.1, 0.15) is 12.2 Å². The Balaban J connectivity index is 4.46. The van der Waals surface area contributed by atoms with Gasteiger partial charge in [-0.2, -0.15) is 0 Å². The van der Waals surface area contributed by atoms with Crippen molar-refractivity contribution in [3.05, 3.63) is 0 Å². The molecule has 0 spiro atoms. The van der Waals surface area contributed by atoms with Gasteiger partial charge in [0.15, 0.2) is 0 Å². The molecule has 1 N–H and O–H groups in total. The molecule has 0 aromatic carbocycles. The maximum Gasteiger partial charge on any atom is 0.303 e. The Bertz CT molecular complexity index is 226. The maximum atomic E-state index is 10.8. The van der Waals surface area contributed by atoms with Crippen LogP contribution in [0.2, 0.25) is 0 Å². The average molecular weight is 218 g/mol. The summed E-state index contributed by atoms with van der Waals surface area (Å²) < 4.78 is 9.90. The monoisotopic (exact) mass is 218 g/mol. The first-order valence-electron chi connectivity index (χ1n) is 4.83. The minimum absolute atomic E-state index is 0.135. The first-order valence-corrected chi connectivity index (χ1v) is 4.83. The second kappa shape index (κ2) is 6.40. The summed E-state index contributed by atoms with van der Waals surface area (Å²) in [7, 11) is 0. The Hall–Kier alpha value is -1.10. The van der Waals surface area contributed by atoms with Crippen LogP contribution in [0.15, 0.2) is 0 Å². The molecule has 0 aliphatic carbocycles. The zero-order valence-corrected chi connectivity index (χ0v) is 9.52. The van der Waals surface area contributed by atoms with Crippen LogP contribution in [-0.4, -0.2) is 35.9 Å². The lowest BCUT2D eigenvalue weighted by Crippen LogP contribution is -2.38. The molecule has 0 rings (SSSR count). The van der Waals surface area contributed by atoms with Gasteiger partial charge in [-0.1, -0.05) is 6.92 Å². The number of esters is 2. The summed E-state index contributed by atoms with van der Waals surface area (Å²) in [6.07, 6.45) is -1.18. The zero-order valence-electron chi connectivity index (χ0n) is 9.52. The van der Waals surface area contributed by atoms with Crippen LogP contribution in [0.5, 0.6) is 0 Å². The lowest BCUT2D eigenvalue weighted by molar-refractivity contribution is -0.169. The van der Waals surface area contributed by atoms with Crippen LogP contribution in [0.4, 0.5) is 0 Å². The fraction of sp³-hybridized carbons (Fsp3) is 0.800. The number of carbonyl (C=O) groups is 2. The van der Waals surface area contributed by atoms with Gasteiger partial charge in [-0.05, 0) is 6.92 Å². The summed E-state index contributed by atoms with van der Waals surface area (Å²) in [5.41, 5.74) is 0. The van der Waals surface area contributed by atoms with Gasteiger partial charge >= 0.3 is 11.9 Å². The maximum absolute atomic E-state index is 10.8. The number of ether oxygens (including phenoxy) is 2. The van der Waals surface area contributed by atoms with Crippen molar-refractivity contribution in [3.63, 3.8) is 0 Å². The van der Waals surface area contributed by atoms with E-state index in [9.17, 15) is 9.59 Å². The molecule has 0 aromatic rings. The highest BCUT2D eigenvalue weighted by molar-refractivity contribution is 5.67. The summed E-state index contributed by atoms with van der Waals surface area (Å²) in [6.45, 7) is 5.76. The van der Waals surface area contributed by atoms with Crippen LogP contribution < -0.4 is 0 Å². The highest BCUT2D eigenvalue weighted by Gasteiger charge is 2.28. The van der Waals surface area contributed by atoms with Crippen molar-refractivity contribution >= 4 is 11.9 Å². The second-order valence-electron chi connectivity index (χ2n) is 3.55. The van der Waals surface area contributed by atoms with Crippen molar-refractivity contribution in [2.24, 2.45) is 5.92 Å². The molecule has 5 heteroatoms. The fourth-order valence-electron chi connectivity index (χ4n) is 1.30. The summed E-state index contributed by atoms with van der Waals surface area (Å²) in [6, 6.07) is 0. The molecular weight excluding hydrogens is 200 g/mol. The minimum atomic E-state index is -0.614. The van der Waals surface area contributed by atoms with Gasteiger partial charge in [-0.15, -0.1) is 0 Å². The number of hydrogen-bond acceptors (Lipinski definition) is 5. The summed E-state index contributed by atoms with van der Waals surface area (Å²) in [5, 5.41) is 8.97. The Morgan fingerprint density at radius 3 is 1.93 bits per heavy atom. The van der Waals surface area contributed by atoms with Crippen LogP contribution in [-0.2, 0) is 19.1 Å². The molecule has 0 aliphatic heterocycles. The van der Waals surface area contributed by atoms with Gasteiger partial charge in [-0.3, -0.25) is 9.59 Å². The number of aliphatic hydroxyl groups is 1. The molecule has 0 aromatic heterocycles. The van der Waals surface area contributed by atoms with E-state index >= 15 is 0 Å². The van der Waals surface area contributed by atoms with E-state index < -0.39 is 24.1 Å². The van der Waals surface area contributed by atoms with Gasteiger partial charge in [0.25, 0.3) is 0 Å². The van der Waals surface area contributed by atoms with E-state index in [1.54, 1.807) is 13.8 Å². The molecule has 3 unspecified atom stereocenters. The number of aliphatic hydroxyl groups excluding tert-OH is 1. The molecule has 15 heavy (non-hydrogen) atoms. The predicted octanol–water partition coefficient (Wildman–Crippen LogP) is 0.498. The Morgan fingerprint density at radius 1 is 1.13 bits per heavy atom. The van der Waals surface area contributed by atoms with E-state index in [1.165, 1.54) is 13.8 Å². The van der Waals surface area contributed by atoms with Crippen LogP contribution in [0.3, 0.4) is 0 Å². The van der Waals surface area contributed by atoms with E-state index in [4.69, 9.17) is 14.6 Å². The predicted molar refractivity (Wildman–Crippen MR) is 53.0 cm³/mol. The van der Waals surface area contributed by atoms with E-state index in [1.807, 2.05) is 0 Å². The largest absolute Gasteiger partial charge is 0.459 e. The van der Waals surface area contributed by atoms with Gasteiger partial charge in [0, 0.05) is 26.4 Å². The molecule has 0 heterocycles. The van der Waals surface area contributed by atoms with Crippen molar-refractivity contribution in [3.8, 4) is 0 Å². The van der Waals surface area contributed by atoms with Crippen molar-refractivity contribution in [1.82, 2.24) is 0 Å². The molecule has 5 nitrogen and oxygen atoms in total. The summed E-state index contributed by atoms with van der Waals surface area (Å²) in [4.78, 5) is 21.6. The molecule has 0 bridgehead atoms. The van der Waals surface area contributed by atoms with Crippen LogP contribution in [0.1, 0.15) is 27.7 Å². The Morgan fingerprint density at radius 2 is 1.60 bits per heavy atom. The Labute approximate surface area is 89.4 Å². The van der Waals surface area contributed by atoms with Crippen molar-refractivity contribution in [2.45, 2.75) is 39.9 Å². The molecule has 0 saturated carbocycles. The number of hydrogen-bond donors (Lipinski definition) is 1. The third kappa shape index (κ3) is 5.37. The smallest absolute Gasteiger partial charge is 0.303 e. The van der Waals surface area contributed by atoms with Crippen LogP contribution in [0.25, 0.3) is 0 Å². The quantitative estimate of drug-likeness (QED) is 0.680. The molecule has 88 valence electrons. The summed E-state index contributed by atoms with van der Waals surface area (Å²) >= 11 is 0. The van der Waals surface area contributed by atoms with Gasteiger partial charge in [-0.25, -0.2) is 0 Å². The zero-order chi connectivity index (χ0) is 12.0. The molecule has 0 amide bonds. The van der Waals surface area contributed by atoms with Gasteiger partial charge in [0.2, 0.25) is 0 Å². The second-order valence-corrected chi connectivity index (χ2v) is 3.55. The standard InChI is InChI=1S/C10H18O5/c1-6(5-11)10(15-9(4)13)7(2)14-8(3)12/h6-7,10-11H,5H2,1-4H3. The van der Waals surface area contributed by atoms with E-state index in [0.29, 0.717) is 0 Å². The summed E-state index contributed by atoms with van der Waals surface area (Å²) in [5.74, 6) is -1.17. The molecule has 3 atom stereocenters. The molecule has 0 saturated heterocycles.